The second-order valence-corrected chi connectivity index (χ2v) is 20.9. The molecule has 0 aliphatic heterocycles. The van der Waals surface area contributed by atoms with Crippen LogP contribution >= 0.6 is 0 Å². The van der Waals surface area contributed by atoms with Crippen LogP contribution in [0, 0.1) is 6.92 Å². The van der Waals surface area contributed by atoms with Gasteiger partial charge in [-0.25, -0.2) is 4.79 Å². The maximum atomic E-state index is 13.4. The maximum absolute atomic E-state index is 13.4. The van der Waals surface area contributed by atoms with Crippen LogP contribution in [-0.2, 0) is 58.5 Å². The molecule has 27 heteroatoms. The van der Waals surface area contributed by atoms with Crippen molar-refractivity contribution >= 4 is 116 Å². The fourth-order valence-electron chi connectivity index (χ4n) is 7.85. The van der Waals surface area contributed by atoms with Crippen LogP contribution in [0.4, 0.5) is 39.4 Å². The van der Waals surface area contributed by atoms with Crippen LogP contribution in [-0.4, -0.2) is 86.8 Å². The molecule has 0 aliphatic rings. The molecule has 6 amide bonds. The molecular formula is C46H42N10O14S3. The first-order valence-electron chi connectivity index (χ1n) is 21.2. The van der Waals surface area contributed by atoms with Crippen molar-refractivity contribution in [1.82, 2.24) is 18.3 Å². The Morgan fingerprint density at radius 3 is 1.11 bits per heavy atom. The molecule has 0 saturated heterocycles. The van der Waals surface area contributed by atoms with Gasteiger partial charge in [0.25, 0.3) is 54.0 Å². The van der Waals surface area contributed by atoms with Crippen molar-refractivity contribution in [2.75, 3.05) is 31.9 Å². The Hall–Kier alpha value is -8.60. The number of amides is 6. The summed E-state index contributed by atoms with van der Waals surface area (Å²) in [5, 5.41) is 16.4. The molecule has 73 heavy (non-hydrogen) atoms. The van der Waals surface area contributed by atoms with Gasteiger partial charge in [-0.05, 0) is 73.7 Å². The van der Waals surface area contributed by atoms with Gasteiger partial charge in [-0.1, -0.05) is 23.8 Å². The minimum absolute atomic E-state index is 0.0171. The Bertz CT molecular complexity index is 4020. The van der Waals surface area contributed by atoms with E-state index in [1.54, 1.807) is 53.3 Å². The fourth-order valence-corrected chi connectivity index (χ4v) is 9.73. The zero-order valence-electron chi connectivity index (χ0n) is 38.7. The number of carbonyl (C=O) groups is 5. The molecule has 4 heterocycles. The van der Waals surface area contributed by atoms with E-state index in [0.29, 0.717) is 5.39 Å². The molecule has 0 radical (unpaired) electrons. The minimum Gasteiger partial charge on any atom is -0.337 e. The van der Waals surface area contributed by atoms with E-state index in [0.717, 1.165) is 29.8 Å². The molecule has 8 aromatic rings. The van der Waals surface area contributed by atoms with E-state index >= 15 is 0 Å². The fraction of sp³-hybridized carbons (Fsp3) is 0.109. The van der Waals surface area contributed by atoms with Gasteiger partial charge in [-0.15, -0.1) is 0 Å². The average molecular weight is 1060 g/mol. The predicted octanol–water partition coefficient (Wildman–Crippen LogP) is 6.05. The number of fused-ring (bicyclic) bond motifs is 2. The monoisotopic (exact) mass is 1050 g/mol. The van der Waals surface area contributed by atoms with E-state index in [1.165, 1.54) is 85.5 Å². The lowest BCUT2D eigenvalue weighted by molar-refractivity contribution is 0.101. The second kappa shape index (κ2) is 18.9. The van der Waals surface area contributed by atoms with Crippen LogP contribution < -0.4 is 31.9 Å². The van der Waals surface area contributed by atoms with Gasteiger partial charge in [0.05, 0.1) is 27.1 Å². The zero-order chi connectivity index (χ0) is 53.1. The minimum atomic E-state index is -4.86. The summed E-state index contributed by atoms with van der Waals surface area (Å²) in [6.45, 7) is 1.75. The number of nitrogens with zero attached hydrogens (tertiary/aromatic N) is 4. The van der Waals surface area contributed by atoms with Crippen LogP contribution in [0.5, 0.6) is 0 Å². The topological polar surface area (TPSA) is 340 Å². The first-order chi connectivity index (χ1) is 34.1. The van der Waals surface area contributed by atoms with E-state index in [4.69, 9.17) is 0 Å². The summed E-state index contributed by atoms with van der Waals surface area (Å²) in [7, 11) is -7.88. The van der Waals surface area contributed by atoms with Crippen LogP contribution in [0.3, 0.4) is 0 Å². The SMILES string of the molecule is Cc1ccc2c(NC(=O)c3cc(NC(=O)c4cc(NC(=O)Nc5cc(C(=O)Nc6cc(C(=O)Nc7ccc(S(=O)(=O)O)c8cc(S(=O)(=O)O)ccc78)cn6C)cn5C)n(C)c4)n(C)c3)ccc(S(=O)(=O)O)c2c1. The highest BCUT2D eigenvalue weighted by Gasteiger charge is 2.24. The summed E-state index contributed by atoms with van der Waals surface area (Å²) in [5.41, 5.74) is 1.50. The molecule has 9 N–H and O–H groups in total. The Morgan fingerprint density at radius 2 is 0.740 bits per heavy atom. The number of aryl methyl sites for hydroxylation is 5. The summed E-state index contributed by atoms with van der Waals surface area (Å²) >= 11 is 0. The van der Waals surface area contributed by atoms with Crippen molar-refractivity contribution < 1.29 is 62.9 Å². The number of carbonyl (C=O) groups excluding carboxylic acids is 5. The third-order valence-corrected chi connectivity index (χ3v) is 14.1. The van der Waals surface area contributed by atoms with Crippen LogP contribution in [0.2, 0.25) is 0 Å². The molecular weight excluding hydrogens is 1010 g/mol. The van der Waals surface area contributed by atoms with Gasteiger partial charge in [0.1, 0.15) is 33.1 Å². The van der Waals surface area contributed by atoms with E-state index in [-0.39, 0.29) is 78.0 Å². The molecule has 0 aliphatic carbocycles. The van der Waals surface area contributed by atoms with Gasteiger partial charge in [0.2, 0.25) is 0 Å². The number of anilines is 6. The summed E-state index contributed by atoms with van der Waals surface area (Å²) in [4.78, 5) is 65.2. The standard InChI is InChI=1S/C46H42N10O14S3/c1-24-6-8-30-32(14-24)36(72(65,66)67)12-10-34(30)47-42(57)25-15-38(53(2)20-25)49-44(59)27-17-40(55(4)22-27)51-46(61)52-41-18-28(23-56(41)5)45(60)50-39-16-26(21-54(39)3)43(58)48-35-11-13-37(73(68,69)70)33-19-29(71(62,63)64)7-9-31(33)35/h6-23H,1-5H3,(H,47,57)(H,48,58)(H,49,59)(H,50,60)(H2,51,52,61)(H,62,63,64)(H,65,66,67)(H,68,69,70). The third kappa shape index (κ3) is 10.7. The largest absolute Gasteiger partial charge is 0.337 e. The third-order valence-electron chi connectivity index (χ3n) is 11.5. The van der Waals surface area contributed by atoms with Gasteiger partial charge in [0.15, 0.2) is 0 Å². The number of aromatic nitrogens is 4. The lowest BCUT2D eigenvalue weighted by Crippen LogP contribution is -2.22. The van der Waals surface area contributed by atoms with Crippen molar-refractivity contribution in [2.45, 2.75) is 21.6 Å². The van der Waals surface area contributed by atoms with E-state index in [9.17, 15) is 62.9 Å². The highest BCUT2D eigenvalue weighted by atomic mass is 32.2. The Kier molecular flexibility index (Phi) is 13.1. The first kappa shape index (κ1) is 50.8. The van der Waals surface area contributed by atoms with Gasteiger partial charge in [-0.2, -0.15) is 25.3 Å². The highest BCUT2D eigenvalue weighted by molar-refractivity contribution is 7.86. The Balaban J connectivity index is 0.884. The van der Waals surface area contributed by atoms with Gasteiger partial charge in [0, 0.05) is 85.9 Å². The molecule has 4 aromatic heterocycles. The molecule has 0 fully saturated rings. The molecule has 0 saturated carbocycles. The van der Waals surface area contributed by atoms with Crippen LogP contribution in [0.15, 0.2) is 124 Å². The summed E-state index contributed by atoms with van der Waals surface area (Å²) in [6, 6.07) is 17.5. The smallest absolute Gasteiger partial charge is 0.325 e. The molecule has 0 bridgehead atoms. The molecule has 4 aromatic carbocycles. The van der Waals surface area contributed by atoms with Crippen molar-refractivity contribution in [2.24, 2.45) is 28.2 Å². The molecule has 0 unspecified atom stereocenters. The highest BCUT2D eigenvalue weighted by Crippen LogP contribution is 2.34. The first-order valence-corrected chi connectivity index (χ1v) is 25.5. The molecule has 8 rings (SSSR count). The molecule has 24 nitrogen and oxygen atoms in total. The summed E-state index contributed by atoms with van der Waals surface area (Å²) < 4.78 is 107. The number of benzene rings is 4. The van der Waals surface area contributed by atoms with Gasteiger partial charge >= 0.3 is 6.03 Å². The Morgan fingerprint density at radius 1 is 0.397 bits per heavy atom. The normalized spacial score (nSPS) is 11.9. The maximum Gasteiger partial charge on any atom is 0.325 e. The number of rotatable bonds is 13. The second-order valence-electron chi connectivity index (χ2n) is 16.7. The van der Waals surface area contributed by atoms with E-state index < -0.39 is 69.8 Å². The molecule has 378 valence electrons. The van der Waals surface area contributed by atoms with Crippen molar-refractivity contribution in [3.05, 3.63) is 138 Å². The van der Waals surface area contributed by atoms with Crippen molar-refractivity contribution in [1.29, 1.82) is 0 Å². The Labute approximate surface area is 414 Å². The van der Waals surface area contributed by atoms with E-state index in [2.05, 4.69) is 31.9 Å². The number of hydrogen-bond acceptors (Lipinski definition) is 11. The zero-order valence-corrected chi connectivity index (χ0v) is 41.2. The quantitative estimate of drug-likeness (QED) is 0.0594. The molecule has 0 spiro atoms. The molecule has 0 atom stereocenters. The number of nitrogens with one attached hydrogen (secondary N) is 6. The van der Waals surface area contributed by atoms with Crippen LogP contribution in [0.1, 0.15) is 47.0 Å². The van der Waals surface area contributed by atoms with E-state index in [1.807, 2.05) is 0 Å². The van der Waals surface area contributed by atoms with Gasteiger partial charge in [-0.3, -0.25) is 43.5 Å². The average Bonchev–Trinajstić information content (AvgIpc) is 4.07. The van der Waals surface area contributed by atoms with Crippen molar-refractivity contribution in [3.63, 3.8) is 0 Å². The van der Waals surface area contributed by atoms with Crippen LogP contribution in [0.25, 0.3) is 21.5 Å². The summed E-state index contributed by atoms with van der Waals surface area (Å²) in [5.74, 6) is -1.67. The lowest BCUT2D eigenvalue weighted by atomic mass is 10.1. The number of hydrogen-bond donors (Lipinski definition) is 9. The lowest BCUT2D eigenvalue weighted by Gasteiger charge is -2.12. The van der Waals surface area contributed by atoms with Gasteiger partial charge < -0.3 is 39.5 Å². The number of urea groups is 1. The summed E-state index contributed by atoms with van der Waals surface area (Å²) in [6.07, 6.45) is 5.77. The van der Waals surface area contributed by atoms with Crippen molar-refractivity contribution in [3.8, 4) is 0 Å². The predicted molar refractivity (Wildman–Crippen MR) is 268 cm³/mol.